The first-order valence-corrected chi connectivity index (χ1v) is 5.87. The van der Waals surface area contributed by atoms with Gasteiger partial charge in [0.1, 0.15) is 0 Å². The lowest BCUT2D eigenvalue weighted by molar-refractivity contribution is 0.0919. The fraction of sp³-hybridized carbons (Fsp3) is 0.0769. The van der Waals surface area contributed by atoms with Crippen LogP contribution in [0.1, 0.15) is 16.4 Å². The van der Waals surface area contributed by atoms with Crippen LogP contribution in [-0.2, 0) is 6.54 Å². The van der Waals surface area contributed by atoms with Crippen LogP contribution in [0.25, 0.3) is 11.5 Å². The molecule has 0 saturated heterocycles. The number of hydrogen-bond acceptors (Lipinski definition) is 6. The van der Waals surface area contributed by atoms with Crippen molar-refractivity contribution in [3.8, 4) is 11.5 Å². The van der Waals surface area contributed by atoms with E-state index in [9.17, 15) is 4.79 Å². The minimum atomic E-state index is -0.387. The topological polar surface area (TPSA) is 94.1 Å². The zero-order valence-corrected chi connectivity index (χ0v) is 10.3. The van der Waals surface area contributed by atoms with E-state index in [0.717, 1.165) is 5.56 Å². The standard InChI is InChI=1S/C13H10N4O3/c18-12(10-6-14-8-19-10)15-7-11-16-17-13(20-11)9-4-2-1-3-5-9/h1-6,8H,7H2,(H,15,18). The van der Waals surface area contributed by atoms with Gasteiger partial charge in [0.2, 0.25) is 17.5 Å². The molecule has 1 amide bonds. The van der Waals surface area contributed by atoms with Crippen LogP contribution < -0.4 is 5.32 Å². The molecule has 7 nitrogen and oxygen atoms in total. The number of carbonyl (C=O) groups excluding carboxylic acids is 1. The zero-order valence-electron chi connectivity index (χ0n) is 10.3. The smallest absolute Gasteiger partial charge is 0.289 e. The maximum absolute atomic E-state index is 11.6. The van der Waals surface area contributed by atoms with Crippen molar-refractivity contribution in [3.63, 3.8) is 0 Å². The fourth-order valence-electron chi connectivity index (χ4n) is 1.59. The summed E-state index contributed by atoms with van der Waals surface area (Å²) >= 11 is 0. The monoisotopic (exact) mass is 270 g/mol. The van der Waals surface area contributed by atoms with Crippen molar-refractivity contribution in [2.45, 2.75) is 6.54 Å². The van der Waals surface area contributed by atoms with Gasteiger partial charge in [0.15, 0.2) is 6.39 Å². The van der Waals surface area contributed by atoms with Crippen LogP contribution in [0.3, 0.4) is 0 Å². The first-order valence-electron chi connectivity index (χ1n) is 5.87. The highest BCUT2D eigenvalue weighted by atomic mass is 16.4. The average molecular weight is 270 g/mol. The molecule has 0 fully saturated rings. The summed E-state index contributed by atoms with van der Waals surface area (Å²) in [5.74, 6) is 0.473. The van der Waals surface area contributed by atoms with E-state index in [1.165, 1.54) is 12.6 Å². The summed E-state index contributed by atoms with van der Waals surface area (Å²) in [6.45, 7) is 0.124. The lowest BCUT2D eigenvalue weighted by Crippen LogP contribution is -2.22. The number of nitrogens with one attached hydrogen (secondary N) is 1. The van der Waals surface area contributed by atoms with Crippen LogP contribution in [-0.4, -0.2) is 21.1 Å². The lowest BCUT2D eigenvalue weighted by Gasteiger charge is -1.97. The van der Waals surface area contributed by atoms with Crippen LogP contribution in [0.5, 0.6) is 0 Å². The van der Waals surface area contributed by atoms with E-state index in [1.54, 1.807) is 0 Å². The Balaban J connectivity index is 1.65. The van der Waals surface area contributed by atoms with Crippen molar-refractivity contribution >= 4 is 5.91 Å². The zero-order chi connectivity index (χ0) is 13.8. The van der Waals surface area contributed by atoms with Crippen molar-refractivity contribution in [2.24, 2.45) is 0 Å². The fourth-order valence-corrected chi connectivity index (χ4v) is 1.59. The molecule has 3 rings (SSSR count). The van der Waals surface area contributed by atoms with Gasteiger partial charge in [-0.05, 0) is 12.1 Å². The summed E-state index contributed by atoms with van der Waals surface area (Å²) in [4.78, 5) is 15.3. The van der Waals surface area contributed by atoms with Crippen LogP contribution in [0.15, 0.2) is 51.8 Å². The molecule has 0 bridgehead atoms. The largest absolute Gasteiger partial charge is 0.438 e. The van der Waals surface area contributed by atoms with Gasteiger partial charge in [-0.2, -0.15) is 0 Å². The van der Waals surface area contributed by atoms with Gasteiger partial charge in [0, 0.05) is 5.56 Å². The quantitative estimate of drug-likeness (QED) is 0.774. The molecule has 0 aliphatic heterocycles. The van der Waals surface area contributed by atoms with Crippen molar-refractivity contribution < 1.29 is 13.6 Å². The van der Waals surface area contributed by atoms with E-state index in [1.807, 2.05) is 30.3 Å². The summed E-state index contributed by atoms with van der Waals surface area (Å²) < 4.78 is 10.3. The molecule has 0 saturated carbocycles. The molecular formula is C13H10N4O3. The predicted octanol–water partition coefficient (Wildman–Crippen LogP) is 1.65. The van der Waals surface area contributed by atoms with E-state index in [2.05, 4.69) is 20.5 Å². The average Bonchev–Trinajstić information content (AvgIpc) is 3.17. The van der Waals surface area contributed by atoms with Crippen molar-refractivity contribution in [1.82, 2.24) is 20.5 Å². The Hall–Kier alpha value is -2.96. The van der Waals surface area contributed by atoms with E-state index in [0.29, 0.717) is 11.8 Å². The van der Waals surface area contributed by atoms with Gasteiger partial charge < -0.3 is 14.2 Å². The molecule has 3 aromatic rings. The highest BCUT2D eigenvalue weighted by Gasteiger charge is 2.12. The minimum absolute atomic E-state index is 0.124. The van der Waals surface area contributed by atoms with Gasteiger partial charge in [-0.15, -0.1) is 10.2 Å². The number of rotatable bonds is 4. The first kappa shape index (κ1) is 12.1. The third-order valence-corrected chi connectivity index (χ3v) is 2.54. The Morgan fingerprint density at radius 2 is 2.05 bits per heavy atom. The van der Waals surface area contributed by atoms with Gasteiger partial charge >= 0.3 is 0 Å². The highest BCUT2D eigenvalue weighted by Crippen LogP contribution is 2.16. The second-order valence-electron chi connectivity index (χ2n) is 3.92. The summed E-state index contributed by atoms with van der Waals surface area (Å²) in [7, 11) is 0. The molecule has 7 heteroatoms. The molecule has 2 heterocycles. The summed E-state index contributed by atoms with van der Waals surface area (Å²) in [6, 6.07) is 9.39. The Kier molecular flexibility index (Phi) is 3.24. The normalized spacial score (nSPS) is 10.4. The Bertz CT molecular complexity index is 692. The maximum Gasteiger partial charge on any atom is 0.289 e. The molecule has 0 spiro atoms. The van der Waals surface area contributed by atoms with E-state index >= 15 is 0 Å². The van der Waals surface area contributed by atoms with E-state index in [-0.39, 0.29) is 18.2 Å². The van der Waals surface area contributed by atoms with Crippen LogP contribution in [0.2, 0.25) is 0 Å². The molecule has 20 heavy (non-hydrogen) atoms. The number of amides is 1. The minimum Gasteiger partial charge on any atom is -0.438 e. The number of hydrogen-bond donors (Lipinski definition) is 1. The van der Waals surface area contributed by atoms with Crippen LogP contribution in [0, 0.1) is 0 Å². The SMILES string of the molecule is O=C(NCc1nnc(-c2ccccc2)o1)c1cnco1. The molecule has 0 unspecified atom stereocenters. The van der Waals surface area contributed by atoms with Gasteiger partial charge in [0.25, 0.3) is 5.91 Å². The Morgan fingerprint density at radius 1 is 1.20 bits per heavy atom. The summed E-state index contributed by atoms with van der Waals surface area (Å²) in [5.41, 5.74) is 0.827. The predicted molar refractivity (Wildman–Crippen MR) is 67.4 cm³/mol. The molecular weight excluding hydrogens is 260 g/mol. The second-order valence-corrected chi connectivity index (χ2v) is 3.92. The molecule has 0 aliphatic rings. The van der Waals surface area contributed by atoms with Crippen LogP contribution >= 0.6 is 0 Å². The Labute approximate surface area is 113 Å². The third-order valence-electron chi connectivity index (χ3n) is 2.54. The molecule has 1 aromatic carbocycles. The summed E-state index contributed by atoms with van der Waals surface area (Å²) in [5, 5.41) is 10.4. The number of benzene rings is 1. The molecule has 1 N–H and O–H groups in total. The molecule has 2 aromatic heterocycles. The summed E-state index contributed by atoms with van der Waals surface area (Å²) in [6.07, 6.45) is 2.52. The van der Waals surface area contributed by atoms with E-state index in [4.69, 9.17) is 8.83 Å². The highest BCUT2D eigenvalue weighted by molar-refractivity contribution is 5.90. The number of nitrogens with zero attached hydrogens (tertiary/aromatic N) is 3. The van der Waals surface area contributed by atoms with Crippen molar-refractivity contribution in [2.75, 3.05) is 0 Å². The third kappa shape index (κ3) is 2.56. The van der Waals surface area contributed by atoms with Crippen LogP contribution in [0.4, 0.5) is 0 Å². The number of aromatic nitrogens is 3. The van der Waals surface area contributed by atoms with Crippen molar-refractivity contribution in [1.29, 1.82) is 0 Å². The van der Waals surface area contributed by atoms with Gasteiger partial charge in [-0.1, -0.05) is 18.2 Å². The second kappa shape index (κ2) is 5.35. The molecule has 0 radical (unpaired) electrons. The van der Waals surface area contributed by atoms with Crippen molar-refractivity contribution in [3.05, 3.63) is 54.6 Å². The molecule has 100 valence electrons. The maximum atomic E-state index is 11.6. The lowest BCUT2D eigenvalue weighted by atomic mass is 10.2. The molecule has 0 aliphatic carbocycles. The number of carbonyl (C=O) groups is 1. The number of oxazole rings is 1. The van der Waals surface area contributed by atoms with Gasteiger partial charge in [-0.3, -0.25) is 4.79 Å². The Morgan fingerprint density at radius 3 is 2.80 bits per heavy atom. The van der Waals surface area contributed by atoms with Gasteiger partial charge in [-0.25, -0.2) is 4.98 Å². The molecule has 0 atom stereocenters. The van der Waals surface area contributed by atoms with Gasteiger partial charge in [0.05, 0.1) is 12.7 Å². The first-order chi connectivity index (χ1) is 9.83. The van der Waals surface area contributed by atoms with E-state index < -0.39 is 0 Å².